The number of allylic oxidation sites excluding steroid dienone is 1. The minimum Gasteiger partial charge on any atom is -0.478 e. The fourth-order valence-electron chi connectivity index (χ4n) is 2.81. The van der Waals surface area contributed by atoms with Gasteiger partial charge in [-0.15, -0.1) is 11.8 Å². The maximum absolute atomic E-state index is 11.9. The second-order valence-electron chi connectivity index (χ2n) is 5.71. The molecule has 1 fully saturated rings. The van der Waals surface area contributed by atoms with E-state index in [9.17, 15) is 9.59 Å². The minimum absolute atomic E-state index is 0.0204. The smallest absolute Gasteiger partial charge is 0.335 e. The third kappa shape index (κ3) is 3.74. The topological polar surface area (TPSA) is 104 Å². The zero-order valence-corrected chi connectivity index (χ0v) is 13.3. The number of carbonyl (C=O) groups excluding carboxylic acids is 1. The van der Waals surface area contributed by atoms with Gasteiger partial charge < -0.3 is 10.4 Å². The summed E-state index contributed by atoms with van der Waals surface area (Å²) in [7, 11) is 0. The van der Waals surface area contributed by atoms with Crippen molar-refractivity contribution in [3.8, 4) is 0 Å². The molecule has 1 aromatic rings. The number of hydrogen-bond acceptors (Lipinski definition) is 5. The van der Waals surface area contributed by atoms with E-state index >= 15 is 0 Å². The molecule has 23 heavy (non-hydrogen) atoms. The Hall–Kier alpha value is -1.83. The van der Waals surface area contributed by atoms with E-state index in [1.54, 1.807) is 23.9 Å². The highest BCUT2D eigenvalue weighted by molar-refractivity contribution is 8.03. The third-order valence-corrected chi connectivity index (χ3v) is 5.33. The van der Waals surface area contributed by atoms with Crippen molar-refractivity contribution in [2.45, 2.75) is 30.9 Å². The number of nitrogens with two attached hydrogens (primary N) is 1. The standard InChI is InChI=1S/C16H19N3O3S/c17-16-18-13(20)12-8-11(23-14(12)19-16)3-1-2-9-4-6-10(7-5-9)15(21)22/h4-8,12,14,16,19H,1-3,17H2,(H,18,20)(H,21,22). The molecular formula is C16H19N3O3S. The van der Waals surface area contributed by atoms with Crippen molar-refractivity contribution in [1.29, 1.82) is 0 Å². The molecule has 0 radical (unpaired) electrons. The Labute approximate surface area is 138 Å². The average molecular weight is 333 g/mol. The first-order valence-corrected chi connectivity index (χ1v) is 8.42. The summed E-state index contributed by atoms with van der Waals surface area (Å²) in [4.78, 5) is 23.9. The number of nitrogens with one attached hydrogen (secondary N) is 2. The van der Waals surface area contributed by atoms with Gasteiger partial charge in [-0.3, -0.25) is 15.8 Å². The van der Waals surface area contributed by atoms with Gasteiger partial charge in [-0.05, 0) is 41.9 Å². The van der Waals surface area contributed by atoms with Gasteiger partial charge in [-0.25, -0.2) is 4.79 Å². The van der Waals surface area contributed by atoms with Gasteiger partial charge >= 0.3 is 5.97 Å². The van der Waals surface area contributed by atoms with Gasteiger partial charge in [0.15, 0.2) is 0 Å². The molecule has 0 spiro atoms. The molecule has 1 saturated heterocycles. The van der Waals surface area contributed by atoms with E-state index in [-0.39, 0.29) is 17.2 Å². The van der Waals surface area contributed by atoms with Gasteiger partial charge in [0.1, 0.15) is 6.29 Å². The molecule has 2 aliphatic heterocycles. The summed E-state index contributed by atoms with van der Waals surface area (Å²) in [6.45, 7) is 0. The maximum Gasteiger partial charge on any atom is 0.335 e. The number of rotatable bonds is 5. The lowest BCUT2D eigenvalue weighted by atomic mass is 10.0. The molecule has 3 atom stereocenters. The van der Waals surface area contributed by atoms with E-state index in [1.165, 1.54) is 4.91 Å². The van der Waals surface area contributed by atoms with Gasteiger partial charge in [-0.1, -0.05) is 18.2 Å². The fourth-order valence-corrected chi connectivity index (χ4v) is 4.18. The Morgan fingerprint density at radius 1 is 1.26 bits per heavy atom. The van der Waals surface area contributed by atoms with Crippen molar-refractivity contribution in [3.05, 3.63) is 46.4 Å². The van der Waals surface area contributed by atoms with Gasteiger partial charge in [0.05, 0.1) is 16.9 Å². The zero-order valence-electron chi connectivity index (χ0n) is 12.5. The summed E-state index contributed by atoms with van der Waals surface area (Å²) in [5, 5.41) is 14.8. The predicted octanol–water partition coefficient (Wildman–Crippen LogP) is 1.24. The first-order valence-electron chi connectivity index (χ1n) is 7.54. The summed E-state index contributed by atoms with van der Waals surface area (Å²) in [5.74, 6) is -1.08. The largest absolute Gasteiger partial charge is 0.478 e. The molecule has 3 rings (SSSR count). The lowest BCUT2D eigenvalue weighted by Crippen LogP contribution is -2.62. The van der Waals surface area contributed by atoms with Crippen LogP contribution >= 0.6 is 11.8 Å². The molecule has 0 aliphatic carbocycles. The van der Waals surface area contributed by atoms with Crippen LogP contribution in [0.5, 0.6) is 0 Å². The van der Waals surface area contributed by atoms with Gasteiger partial charge in [0, 0.05) is 0 Å². The van der Waals surface area contributed by atoms with E-state index in [1.807, 2.05) is 18.2 Å². The van der Waals surface area contributed by atoms with Crippen molar-refractivity contribution in [3.63, 3.8) is 0 Å². The Balaban J connectivity index is 1.50. The predicted molar refractivity (Wildman–Crippen MR) is 88.5 cm³/mol. The van der Waals surface area contributed by atoms with Gasteiger partial charge in [0.25, 0.3) is 0 Å². The number of fused-ring (bicyclic) bond motifs is 1. The average Bonchev–Trinajstić information content (AvgIpc) is 2.91. The monoisotopic (exact) mass is 333 g/mol. The molecule has 1 amide bonds. The Morgan fingerprint density at radius 3 is 2.70 bits per heavy atom. The highest BCUT2D eigenvalue weighted by Crippen LogP contribution is 2.39. The van der Waals surface area contributed by atoms with Crippen LogP contribution in [0.2, 0.25) is 0 Å². The number of amides is 1. The van der Waals surface area contributed by atoms with Crippen LogP contribution in [-0.2, 0) is 11.2 Å². The van der Waals surface area contributed by atoms with E-state index < -0.39 is 12.3 Å². The number of thioether (sulfide) groups is 1. The Kier molecular flexibility index (Phi) is 4.70. The SMILES string of the molecule is NC1NC(=O)C2C=C(CCCc3ccc(C(=O)O)cc3)SC2N1. The van der Waals surface area contributed by atoms with Crippen molar-refractivity contribution in [2.75, 3.05) is 0 Å². The van der Waals surface area contributed by atoms with E-state index in [0.717, 1.165) is 24.8 Å². The highest BCUT2D eigenvalue weighted by atomic mass is 32.2. The van der Waals surface area contributed by atoms with Crippen LogP contribution in [0.3, 0.4) is 0 Å². The summed E-state index contributed by atoms with van der Waals surface area (Å²) >= 11 is 1.68. The molecule has 5 N–H and O–H groups in total. The van der Waals surface area contributed by atoms with Crippen LogP contribution < -0.4 is 16.4 Å². The van der Waals surface area contributed by atoms with Gasteiger partial charge in [0.2, 0.25) is 5.91 Å². The van der Waals surface area contributed by atoms with E-state index in [4.69, 9.17) is 10.8 Å². The second kappa shape index (κ2) is 6.74. The molecule has 1 aromatic carbocycles. The number of aryl methyl sites for hydroxylation is 1. The summed E-state index contributed by atoms with van der Waals surface area (Å²) in [6, 6.07) is 6.97. The number of carboxylic acid groups (broad SMARTS) is 1. The number of hydrogen-bond donors (Lipinski definition) is 4. The van der Waals surface area contributed by atoms with Crippen LogP contribution in [0.4, 0.5) is 0 Å². The molecule has 2 heterocycles. The van der Waals surface area contributed by atoms with Crippen LogP contribution in [0.25, 0.3) is 0 Å². The number of aromatic carboxylic acids is 1. The lowest BCUT2D eigenvalue weighted by molar-refractivity contribution is -0.126. The van der Waals surface area contributed by atoms with Crippen molar-refractivity contribution in [2.24, 2.45) is 11.7 Å². The number of carboxylic acids is 1. The molecule has 122 valence electrons. The van der Waals surface area contributed by atoms with Crippen molar-refractivity contribution in [1.82, 2.24) is 10.6 Å². The lowest BCUT2D eigenvalue weighted by Gasteiger charge is -2.30. The summed E-state index contributed by atoms with van der Waals surface area (Å²) in [5.41, 5.74) is 7.14. The van der Waals surface area contributed by atoms with Crippen LogP contribution in [0.15, 0.2) is 35.2 Å². The molecule has 0 bridgehead atoms. The number of carbonyl (C=O) groups is 2. The molecule has 7 heteroatoms. The molecule has 0 saturated carbocycles. The summed E-state index contributed by atoms with van der Waals surface area (Å²) < 4.78 is 0. The van der Waals surface area contributed by atoms with E-state index in [0.29, 0.717) is 5.56 Å². The number of benzene rings is 1. The van der Waals surface area contributed by atoms with Crippen LogP contribution in [0.1, 0.15) is 28.8 Å². The van der Waals surface area contributed by atoms with Gasteiger partial charge in [-0.2, -0.15) is 0 Å². The van der Waals surface area contributed by atoms with Crippen molar-refractivity contribution >= 4 is 23.6 Å². The maximum atomic E-state index is 11.9. The normalized spacial score (nSPS) is 26.4. The molecule has 6 nitrogen and oxygen atoms in total. The molecule has 3 unspecified atom stereocenters. The van der Waals surface area contributed by atoms with Crippen molar-refractivity contribution < 1.29 is 14.7 Å². The first-order chi connectivity index (χ1) is 11.0. The third-order valence-electron chi connectivity index (χ3n) is 4.00. The molecule has 0 aromatic heterocycles. The van der Waals surface area contributed by atoms with E-state index in [2.05, 4.69) is 10.6 Å². The summed E-state index contributed by atoms with van der Waals surface area (Å²) in [6.07, 6.45) is 4.29. The van der Waals surface area contributed by atoms with Crippen LogP contribution in [-0.4, -0.2) is 28.6 Å². The second-order valence-corrected chi connectivity index (χ2v) is 6.97. The molecule has 2 aliphatic rings. The quantitative estimate of drug-likeness (QED) is 0.646. The van der Waals surface area contributed by atoms with Crippen LogP contribution in [0, 0.1) is 5.92 Å². The Bertz CT molecular complexity index is 644. The zero-order chi connectivity index (χ0) is 16.4. The molecular weight excluding hydrogens is 314 g/mol. The fraction of sp³-hybridized carbons (Fsp3) is 0.375. The minimum atomic E-state index is -0.907. The Morgan fingerprint density at radius 2 is 2.00 bits per heavy atom. The highest BCUT2D eigenvalue weighted by Gasteiger charge is 2.38. The first kappa shape index (κ1) is 16.0.